The largest absolute Gasteiger partial charge is 0.495 e. The van der Waals surface area contributed by atoms with Gasteiger partial charge in [0, 0.05) is 39.8 Å². The van der Waals surface area contributed by atoms with E-state index in [0.717, 1.165) is 37.8 Å². The molecule has 5 nitrogen and oxygen atoms in total. The summed E-state index contributed by atoms with van der Waals surface area (Å²) in [6.07, 6.45) is 1.11. The van der Waals surface area contributed by atoms with Gasteiger partial charge in [-0.25, -0.2) is 0 Å². The summed E-state index contributed by atoms with van der Waals surface area (Å²) in [6, 6.07) is 8.62. The first-order valence-corrected chi connectivity index (χ1v) is 7.52. The lowest BCUT2D eigenvalue weighted by atomic mass is 10.2. The van der Waals surface area contributed by atoms with Gasteiger partial charge < -0.3 is 19.9 Å². The first kappa shape index (κ1) is 15.5. The Morgan fingerprint density at radius 1 is 1.43 bits per heavy atom. The Balaban J connectivity index is 2.02. The number of nitrogens with zero attached hydrogens (tertiary/aromatic N) is 3. The van der Waals surface area contributed by atoms with E-state index in [-0.39, 0.29) is 0 Å². The first-order chi connectivity index (χ1) is 10.2. The van der Waals surface area contributed by atoms with Gasteiger partial charge in [0.1, 0.15) is 5.75 Å². The lowest BCUT2D eigenvalue weighted by Gasteiger charge is -2.23. The average Bonchev–Trinajstić information content (AvgIpc) is 2.95. The second kappa shape index (κ2) is 7.20. The minimum Gasteiger partial charge on any atom is -0.495 e. The van der Waals surface area contributed by atoms with Crippen LogP contribution in [0.2, 0.25) is 0 Å². The molecular formula is C16H26N4O. The molecule has 1 N–H and O–H groups in total. The summed E-state index contributed by atoms with van der Waals surface area (Å²) in [6.45, 7) is 4.85. The van der Waals surface area contributed by atoms with E-state index in [1.54, 1.807) is 7.11 Å². The van der Waals surface area contributed by atoms with Crippen molar-refractivity contribution in [1.82, 2.24) is 10.2 Å². The zero-order valence-corrected chi connectivity index (χ0v) is 13.5. The van der Waals surface area contributed by atoms with Crippen LogP contribution in [-0.4, -0.2) is 57.7 Å². The molecule has 1 aliphatic heterocycles. The van der Waals surface area contributed by atoms with Crippen LogP contribution in [0.4, 0.5) is 5.69 Å². The quantitative estimate of drug-likeness (QED) is 0.678. The Hall–Kier alpha value is -1.91. The molecule has 1 heterocycles. The molecule has 1 unspecified atom stereocenters. The van der Waals surface area contributed by atoms with Gasteiger partial charge in [0.2, 0.25) is 0 Å². The van der Waals surface area contributed by atoms with Crippen LogP contribution in [0.5, 0.6) is 5.75 Å². The number of aliphatic imine (C=N–C) groups is 1. The fourth-order valence-electron chi connectivity index (χ4n) is 2.64. The molecule has 0 saturated carbocycles. The van der Waals surface area contributed by atoms with Crippen LogP contribution >= 0.6 is 0 Å². The van der Waals surface area contributed by atoms with Gasteiger partial charge in [-0.1, -0.05) is 12.1 Å². The zero-order valence-electron chi connectivity index (χ0n) is 13.5. The lowest BCUT2D eigenvalue weighted by Crippen LogP contribution is -2.44. The Morgan fingerprint density at radius 3 is 2.86 bits per heavy atom. The van der Waals surface area contributed by atoms with Crippen LogP contribution in [0.25, 0.3) is 0 Å². The molecule has 0 amide bonds. The van der Waals surface area contributed by atoms with E-state index in [9.17, 15) is 0 Å². The van der Waals surface area contributed by atoms with Gasteiger partial charge in [-0.15, -0.1) is 0 Å². The second-order valence-electron chi connectivity index (χ2n) is 5.44. The molecule has 0 aliphatic carbocycles. The molecule has 1 fully saturated rings. The van der Waals surface area contributed by atoms with Crippen LogP contribution in [0.3, 0.4) is 0 Å². The minimum absolute atomic E-state index is 0.419. The van der Waals surface area contributed by atoms with Crippen molar-refractivity contribution < 1.29 is 4.74 Å². The van der Waals surface area contributed by atoms with E-state index in [1.165, 1.54) is 5.69 Å². The van der Waals surface area contributed by atoms with Crippen molar-refractivity contribution in [2.45, 2.75) is 19.4 Å². The molecule has 5 heteroatoms. The van der Waals surface area contributed by atoms with Gasteiger partial charge >= 0.3 is 0 Å². The summed E-state index contributed by atoms with van der Waals surface area (Å²) in [4.78, 5) is 8.91. The van der Waals surface area contributed by atoms with Crippen LogP contribution in [0, 0.1) is 0 Å². The number of anilines is 1. The fraction of sp³-hybridized carbons (Fsp3) is 0.562. The highest BCUT2D eigenvalue weighted by molar-refractivity contribution is 5.80. The number of nitrogens with one attached hydrogen (secondary N) is 1. The molecule has 0 radical (unpaired) electrons. The van der Waals surface area contributed by atoms with E-state index in [1.807, 2.05) is 31.1 Å². The Morgan fingerprint density at radius 2 is 2.19 bits per heavy atom. The number of hydrogen-bond donors (Lipinski definition) is 1. The number of hydrogen-bond acceptors (Lipinski definition) is 3. The number of benzene rings is 1. The average molecular weight is 290 g/mol. The van der Waals surface area contributed by atoms with Gasteiger partial charge in [0.15, 0.2) is 5.96 Å². The third-order valence-electron chi connectivity index (χ3n) is 3.68. The summed E-state index contributed by atoms with van der Waals surface area (Å²) in [7, 11) is 5.77. The summed E-state index contributed by atoms with van der Waals surface area (Å²) in [5, 5.41) is 3.55. The van der Waals surface area contributed by atoms with E-state index < -0.39 is 0 Å². The van der Waals surface area contributed by atoms with Crippen molar-refractivity contribution in [2.24, 2.45) is 4.99 Å². The molecule has 0 aromatic heterocycles. The van der Waals surface area contributed by atoms with E-state index in [0.29, 0.717) is 6.04 Å². The molecule has 2 rings (SSSR count). The van der Waals surface area contributed by atoms with Crippen molar-refractivity contribution in [2.75, 3.05) is 45.7 Å². The molecular weight excluding hydrogens is 264 g/mol. The molecule has 1 aromatic carbocycles. The zero-order chi connectivity index (χ0) is 15.2. The third kappa shape index (κ3) is 3.80. The summed E-state index contributed by atoms with van der Waals surface area (Å²) in [5.41, 5.74) is 1.17. The topological polar surface area (TPSA) is 40.1 Å². The number of methoxy groups -OCH3 is 1. The van der Waals surface area contributed by atoms with E-state index in [2.05, 4.69) is 34.3 Å². The van der Waals surface area contributed by atoms with Crippen molar-refractivity contribution in [3.8, 4) is 5.75 Å². The fourth-order valence-corrected chi connectivity index (χ4v) is 2.64. The Kier molecular flexibility index (Phi) is 5.31. The summed E-state index contributed by atoms with van der Waals surface area (Å²) < 4.78 is 5.46. The maximum atomic E-state index is 5.46. The highest BCUT2D eigenvalue weighted by Gasteiger charge is 2.25. The monoisotopic (exact) mass is 290 g/mol. The van der Waals surface area contributed by atoms with E-state index >= 15 is 0 Å². The van der Waals surface area contributed by atoms with Crippen molar-refractivity contribution in [1.29, 1.82) is 0 Å². The summed E-state index contributed by atoms with van der Waals surface area (Å²) in [5.74, 6) is 1.90. The number of para-hydroxylation sites is 2. The molecule has 116 valence electrons. The normalized spacial score (nSPS) is 18.8. The Labute approximate surface area is 127 Å². The summed E-state index contributed by atoms with van der Waals surface area (Å²) >= 11 is 0. The van der Waals surface area contributed by atoms with Crippen LogP contribution in [0.1, 0.15) is 13.3 Å². The first-order valence-electron chi connectivity index (χ1n) is 7.52. The van der Waals surface area contributed by atoms with Gasteiger partial charge in [-0.2, -0.15) is 0 Å². The van der Waals surface area contributed by atoms with Crippen molar-refractivity contribution in [3.63, 3.8) is 0 Å². The van der Waals surface area contributed by atoms with Gasteiger partial charge in [0.05, 0.1) is 12.8 Å². The molecule has 1 aromatic rings. The van der Waals surface area contributed by atoms with Crippen molar-refractivity contribution >= 4 is 11.6 Å². The second-order valence-corrected chi connectivity index (χ2v) is 5.44. The predicted molar refractivity (Wildman–Crippen MR) is 88.4 cm³/mol. The predicted octanol–water partition coefficient (Wildman–Crippen LogP) is 1.80. The maximum Gasteiger partial charge on any atom is 0.193 e. The maximum absolute atomic E-state index is 5.46. The Bertz CT molecular complexity index is 487. The standard InChI is InChI=1S/C16H26N4O/c1-5-17-16(19(2)3)18-13-10-11-20(12-13)14-8-6-7-9-15(14)21-4/h6-9,13H,5,10-12H2,1-4H3,(H,17,18). The smallest absolute Gasteiger partial charge is 0.193 e. The molecule has 1 aliphatic rings. The van der Waals surface area contributed by atoms with Gasteiger partial charge in [-0.3, -0.25) is 4.99 Å². The van der Waals surface area contributed by atoms with Crippen LogP contribution in [0.15, 0.2) is 29.3 Å². The number of rotatable bonds is 4. The lowest BCUT2D eigenvalue weighted by molar-refractivity contribution is 0.415. The molecule has 21 heavy (non-hydrogen) atoms. The third-order valence-corrected chi connectivity index (χ3v) is 3.68. The highest BCUT2D eigenvalue weighted by Crippen LogP contribution is 2.30. The van der Waals surface area contributed by atoms with Gasteiger partial charge in [0.25, 0.3) is 0 Å². The van der Waals surface area contributed by atoms with Crippen LogP contribution in [-0.2, 0) is 0 Å². The molecule has 1 saturated heterocycles. The molecule has 0 spiro atoms. The highest BCUT2D eigenvalue weighted by atomic mass is 16.5. The SMILES string of the molecule is CCN=C(NC1CCN(c2ccccc2OC)C1)N(C)C. The van der Waals surface area contributed by atoms with Crippen molar-refractivity contribution in [3.05, 3.63) is 24.3 Å². The number of ether oxygens (including phenoxy) is 1. The van der Waals surface area contributed by atoms with E-state index in [4.69, 9.17) is 4.74 Å². The van der Waals surface area contributed by atoms with Gasteiger partial charge in [-0.05, 0) is 25.5 Å². The minimum atomic E-state index is 0.419. The van der Waals surface area contributed by atoms with Crippen LogP contribution < -0.4 is 15.0 Å². The molecule has 0 bridgehead atoms. The molecule has 1 atom stereocenters. The number of guanidine groups is 1.